The van der Waals surface area contributed by atoms with E-state index in [0.717, 1.165) is 0 Å². The fourth-order valence-corrected chi connectivity index (χ4v) is 1.86. The lowest BCUT2D eigenvalue weighted by Gasteiger charge is -2.21. The molecule has 0 aromatic rings. The Hall–Kier alpha value is -1.36. The standard InChI is InChI=1S/C11H8F12/c1-4(6(8(12,13)14)9(15,16)17)3-5(2)7(10(18,19)20)11(21,22)23/h3H2,1-2H3. The molecule has 0 N–H and O–H groups in total. The minimum absolute atomic E-state index is 0.171. The first-order chi connectivity index (χ1) is 9.79. The maximum atomic E-state index is 12.3. The van der Waals surface area contributed by atoms with Gasteiger partial charge in [-0.1, -0.05) is 11.1 Å². The summed E-state index contributed by atoms with van der Waals surface area (Å²) in [6.45, 7) is 0.342. The molecule has 0 nitrogen and oxygen atoms in total. The molecule has 0 atom stereocenters. The summed E-state index contributed by atoms with van der Waals surface area (Å²) >= 11 is 0. The SMILES string of the molecule is CC(CC(C)=C(C(F)(F)F)C(F)(F)F)=C(C(F)(F)F)C(F)(F)F. The Balaban J connectivity index is 6.21. The van der Waals surface area contributed by atoms with E-state index in [9.17, 15) is 52.7 Å². The second-order valence-electron chi connectivity index (χ2n) is 4.48. The zero-order valence-corrected chi connectivity index (χ0v) is 11.2. The predicted octanol–water partition coefficient (Wildman–Crippen LogP) is 6.26. The maximum absolute atomic E-state index is 12.3. The van der Waals surface area contributed by atoms with E-state index in [2.05, 4.69) is 0 Å². The fourth-order valence-electron chi connectivity index (χ4n) is 1.86. The van der Waals surface area contributed by atoms with E-state index in [0.29, 0.717) is 0 Å². The summed E-state index contributed by atoms with van der Waals surface area (Å²) in [4.78, 5) is 0. The Labute approximate surface area is 121 Å². The van der Waals surface area contributed by atoms with Gasteiger partial charge in [0.1, 0.15) is 11.1 Å². The van der Waals surface area contributed by atoms with E-state index in [4.69, 9.17) is 0 Å². The Kier molecular flexibility index (Phi) is 5.90. The van der Waals surface area contributed by atoms with Crippen molar-refractivity contribution < 1.29 is 52.7 Å². The summed E-state index contributed by atoms with van der Waals surface area (Å²) < 4.78 is 148. The highest BCUT2D eigenvalue weighted by Gasteiger charge is 2.54. The van der Waals surface area contributed by atoms with Crippen LogP contribution < -0.4 is 0 Å². The zero-order valence-electron chi connectivity index (χ0n) is 11.2. The molecule has 0 unspecified atom stereocenters. The smallest absolute Gasteiger partial charge is 0.166 e. The Bertz CT molecular complexity index is 413. The van der Waals surface area contributed by atoms with Crippen LogP contribution in [0.3, 0.4) is 0 Å². The first-order valence-corrected chi connectivity index (χ1v) is 5.47. The van der Waals surface area contributed by atoms with Crippen molar-refractivity contribution >= 4 is 0 Å². The molecule has 0 saturated heterocycles. The van der Waals surface area contributed by atoms with Gasteiger partial charge in [0, 0.05) is 0 Å². The number of alkyl halides is 12. The first-order valence-electron chi connectivity index (χ1n) is 5.47. The van der Waals surface area contributed by atoms with E-state index < -0.39 is 53.4 Å². The van der Waals surface area contributed by atoms with Crippen molar-refractivity contribution in [1.29, 1.82) is 0 Å². The van der Waals surface area contributed by atoms with Crippen LogP contribution in [0.2, 0.25) is 0 Å². The van der Waals surface area contributed by atoms with Crippen molar-refractivity contribution in [3.8, 4) is 0 Å². The Morgan fingerprint density at radius 2 is 0.652 bits per heavy atom. The van der Waals surface area contributed by atoms with Gasteiger partial charge in [-0.2, -0.15) is 52.7 Å². The Morgan fingerprint density at radius 1 is 0.478 bits per heavy atom. The second-order valence-corrected chi connectivity index (χ2v) is 4.48. The first kappa shape index (κ1) is 21.6. The van der Waals surface area contributed by atoms with Gasteiger partial charge < -0.3 is 0 Å². The van der Waals surface area contributed by atoms with Gasteiger partial charge in [0.15, 0.2) is 0 Å². The van der Waals surface area contributed by atoms with Gasteiger partial charge in [0.05, 0.1) is 0 Å². The van der Waals surface area contributed by atoms with Crippen molar-refractivity contribution in [3.05, 3.63) is 22.3 Å². The van der Waals surface area contributed by atoms with Crippen molar-refractivity contribution in [2.75, 3.05) is 0 Å². The molecule has 0 radical (unpaired) electrons. The van der Waals surface area contributed by atoms with Crippen molar-refractivity contribution in [1.82, 2.24) is 0 Å². The highest BCUT2D eigenvalue weighted by molar-refractivity contribution is 5.31. The summed E-state index contributed by atoms with van der Waals surface area (Å²) in [5.74, 6) is 0. The molecule has 23 heavy (non-hydrogen) atoms. The molecule has 0 spiro atoms. The summed E-state index contributed by atoms with van der Waals surface area (Å²) in [5, 5.41) is 0. The molecule has 0 aromatic carbocycles. The lowest BCUT2D eigenvalue weighted by atomic mass is 9.97. The topological polar surface area (TPSA) is 0 Å². The van der Waals surface area contributed by atoms with Gasteiger partial charge in [-0.25, -0.2) is 0 Å². The van der Waals surface area contributed by atoms with E-state index in [-0.39, 0.29) is 13.8 Å². The normalized spacial score (nSPS) is 13.8. The summed E-state index contributed by atoms with van der Waals surface area (Å²) in [7, 11) is 0. The number of allylic oxidation sites excluding steroid dienone is 4. The Morgan fingerprint density at radius 3 is 0.783 bits per heavy atom. The lowest BCUT2D eigenvalue weighted by Crippen LogP contribution is -2.29. The van der Waals surface area contributed by atoms with Crippen LogP contribution >= 0.6 is 0 Å². The van der Waals surface area contributed by atoms with Gasteiger partial charge in [-0.05, 0) is 20.3 Å². The molecule has 0 aliphatic rings. The quantitative estimate of drug-likeness (QED) is 0.399. The number of halogens is 12. The van der Waals surface area contributed by atoms with Crippen LogP contribution in [-0.2, 0) is 0 Å². The summed E-state index contributed by atoms with van der Waals surface area (Å²) in [6.07, 6.45) is -25.7. The molecule has 0 fully saturated rings. The third kappa shape index (κ3) is 5.98. The number of hydrogen-bond acceptors (Lipinski definition) is 0. The molecule has 0 rings (SSSR count). The number of rotatable bonds is 2. The maximum Gasteiger partial charge on any atom is 0.421 e. The average Bonchev–Trinajstić information content (AvgIpc) is 2.04. The fraction of sp³-hybridized carbons (Fsp3) is 0.636. The van der Waals surface area contributed by atoms with Crippen LogP contribution in [0, 0.1) is 0 Å². The monoisotopic (exact) mass is 368 g/mol. The van der Waals surface area contributed by atoms with Gasteiger partial charge in [-0.15, -0.1) is 0 Å². The minimum Gasteiger partial charge on any atom is -0.166 e. The van der Waals surface area contributed by atoms with Gasteiger partial charge >= 0.3 is 24.7 Å². The second kappa shape index (κ2) is 6.27. The minimum atomic E-state index is -5.97. The predicted molar refractivity (Wildman–Crippen MR) is 54.2 cm³/mol. The zero-order chi connectivity index (χ0) is 19.0. The van der Waals surface area contributed by atoms with E-state index >= 15 is 0 Å². The molecule has 0 bridgehead atoms. The lowest BCUT2D eigenvalue weighted by molar-refractivity contribution is -0.173. The summed E-state index contributed by atoms with van der Waals surface area (Å²) in [5.41, 5.74) is -9.66. The van der Waals surface area contributed by atoms with Crippen LogP contribution in [0.4, 0.5) is 52.7 Å². The molecular weight excluding hydrogens is 360 g/mol. The molecule has 0 aliphatic carbocycles. The molecule has 136 valence electrons. The van der Waals surface area contributed by atoms with Gasteiger partial charge in [-0.3, -0.25) is 0 Å². The number of hydrogen-bond donors (Lipinski definition) is 0. The molecular formula is C11H8F12. The van der Waals surface area contributed by atoms with E-state index in [1.54, 1.807) is 0 Å². The summed E-state index contributed by atoms with van der Waals surface area (Å²) in [6, 6.07) is 0. The van der Waals surface area contributed by atoms with Gasteiger partial charge in [0.25, 0.3) is 0 Å². The van der Waals surface area contributed by atoms with Crippen LogP contribution in [0.15, 0.2) is 22.3 Å². The van der Waals surface area contributed by atoms with Gasteiger partial charge in [0.2, 0.25) is 0 Å². The molecule has 0 amide bonds. The van der Waals surface area contributed by atoms with Crippen LogP contribution in [0.25, 0.3) is 0 Å². The molecule has 0 saturated carbocycles. The van der Waals surface area contributed by atoms with Crippen LogP contribution in [-0.4, -0.2) is 24.7 Å². The van der Waals surface area contributed by atoms with Crippen molar-refractivity contribution in [2.45, 2.75) is 45.0 Å². The third-order valence-electron chi connectivity index (χ3n) is 2.52. The molecule has 0 aliphatic heterocycles. The molecule has 0 heterocycles. The average molecular weight is 368 g/mol. The third-order valence-corrected chi connectivity index (χ3v) is 2.52. The van der Waals surface area contributed by atoms with Crippen LogP contribution in [0.5, 0.6) is 0 Å². The van der Waals surface area contributed by atoms with Crippen molar-refractivity contribution in [3.63, 3.8) is 0 Å². The van der Waals surface area contributed by atoms with Crippen LogP contribution in [0.1, 0.15) is 20.3 Å². The molecule has 12 heteroatoms. The highest BCUT2D eigenvalue weighted by Crippen LogP contribution is 2.45. The molecule has 0 aromatic heterocycles. The van der Waals surface area contributed by atoms with Crippen molar-refractivity contribution in [2.24, 2.45) is 0 Å². The van der Waals surface area contributed by atoms with E-state index in [1.807, 2.05) is 0 Å². The van der Waals surface area contributed by atoms with E-state index in [1.165, 1.54) is 0 Å². The highest BCUT2D eigenvalue weighted by atomic mass is 19.4. The largest absolute Gasteiger partial charge is 0.421 e.